The van der Waals surface area contributed by atoms with Gasteiger partial charge in [-0.05, 0) is 30.2 Å². The monoisotopic (exact) mass is 265 g/mol. The number of para-hydroxylation sites is 2. The molecule has 0 N–H and O–H groups in total. The lowest BCUT2D eigenvalue weighted by atomic mass is 10.1. The minimum Gasteiger partial charge on any atom is -0.341 e. The van der Waals surface area contributed by atoms with Crippen LogP contribution in [0, 0.1) is 6.92 Å². The fraction of sp³-hybridized carbons (Fsp3) is 0.235. The van der Waals surface area contributed by atoms with Crippen molar-refractivity contribution < 1.29 is 0 Å². The van der Waals surface area contributed by atoms with Crippen molar-refractivity contribution in [1.29, 1.82) is 0 Å². The largest absolute Gasteiger partial charge is 0.341 e. The molecule has 0 fully saturated rings. The maximum absolute atomic E-state index is 4.73. The number of nitrogens with zero attached hydrogens (tertiary/aromatic N) is 3. The van der Waals surface area contributed by atoms with Gasteiger partial charge >= 0.3 is 0 Å². The molecular formula is C17H19N3. The summed E-state index contributed by atoms with van der Waals surface area (Å²) in [5.74, 6) is 0.995. The molecule has 0 radical (unpaired) electrons. The molecule has 3 heteroatoms. The number of hydrogen-bond acceptors (Lipinski definition) is 2. The Labute approximate surface area is 119 Å². The van der Waals surface area contributed by atoms with Crippen LogP contribution in [0.4, 0.5) is 5.95 Å². The van der Waals surface area contributed by atoms with E-state index in [-0.39, 0.29) is 0 Å². The zero-order valence-electron chi connectivity index (χ0n) is 12.2. The van der Waals surface area contributed by atoms with E-state index in [1.54, 1.807) is 0 Å². The lowest BCUT2D eigenvalue weighted by molar-refractivity contribution is 0.815. The molecule has 3 rings (SSSR count). The number of benzene rings is 2. The van der Waals surface area contributed by atoms with E-state index in [0.29, 0.717) is 0 Å². The van der Waals surface area contributed by atoms with Crippen molar-refractivity contribution in [3.05, 3.63) is 59.7 Å². The smallest absolute Gasteiger partial charge is 0.206 e. The third-order valence-electron chi connectivity index (χ3n) is 3.77. The second kappa shape index (κ2) is 5.00. The standard InChI is InChI=1S/C17H19N3/c1-13-8-4-5-9-14(13)12-19(2)17-18-15-10-6-7-11-16(15)20(17)3/h4-11H,12H2,1-3H3. The molecule has 0 saturated heterocycles. The van der Waals surface area contributed by atoms with E-state index in [1.165, 1.54) is 16.6 Å². The molecule has 0 bridgehead atoms. The van der Waals surface area contributed by atoms with Gasteiger partial charge in [-0.1, -0.05) is 36.4 Å². The highest BCUT2D eigenvalue weighted by molar-refractivity contribution is 5.78. The number of hydrogen-bond donors (Lipinski definition) is 0. The first-order valence-corrected chi connectivity index (χ1v) is 6.84. The summed E-state index contributed by atoms with van der Waals surface area (Å²) >= 11 is 0. The van der Waals surface area contributed by atoms with Crippen LogP contribution in [0.2, 0.25) is 0 Å². The fourth-order valence-corrected chi connectivity index (χ4v) is 2.59. The van der Waals surface area contributed by atoms with E-state index >= 15 is 0 Å². The maximum Gasteiger partial charge on any atom is 0.206 e. The van der Waals surface area contributed by atoms with Crippen LogP contribution < -0.4 is 4.90 Å². The van der Waals surface area contributed by atoms with E-state index in [9.17, 15) is 0 Å². The molecule has 0 unspecified atom stereocenters. The van der Waals surface area contributed by atoms with Gasteiger partial charge in [0.05, 0.1) is 11.0 Å². The summed E-state index contributed by atoms with van der Waals surface area (Å²) in [5.41, 5.74) is 4.86. The molecule has 0 saturated carbocycles. The lowest BCUT2D eigenvalue weighted by Gasteiger charge is -2.19. The normalized spacial score (nSPS) is 10.9. The zero-order chi connectivity index (χ0) is 14.1. The van der Waals surface area contributed by atoms with Crippen molar-refractivity contribution in [1.82, 2.24) is 9.55 Å². The molecule has 0 atom stereocenters. The minimum atomic E-state index is 0.865. The first kappa shape index (κ1) is 12.7. The van der Waals surface area contributed by atoms with Crippen molar-refractivity contribution in [3.8, 4) is 0 Å². The van der Waals surface area contributed by atoms with Gasteiger partial charge in [-0.15, -0.1) is 0 Å². The third-order valence-corrected chi connectivity index (χ3v) is 3.77. The Morgan fingerprint density at radius 1 is 1.05 bits per heavy atom. The third kappa shape index (κ3) is 2.16. The van der Waals surface area contributed by atoms with E-state index in [0.717, 1.165) is 18.0 Å². The molecule has 3 aromatic rings. The SMILES string of the molecule is Cc1ccccc1CN(C)c1nc2ccccc2n1C. The Hall–Kier alpha value is -2.29. The second-order valence-corrected chi connectivity index (χ2v) is 5.24. The molecule has 0 amide bonds. The molecule has 3 nitrogen and oxygen atoms in total. The van der Waals surface area contributed by atoms with Gasteiger partial charge in [-0.25, -0.2) is 4.98 Å². The second-order valence-electron chi connectivity index (χ2n) is 5.24. The number of aromatic nitrogens is 2. The average Bonchev–Trinajstić information content (AvgIpc) is 2.79. The fourth-order valence-electron chi connectivity index (χ4n) is 2.59. The predicted octanol–water partition coefficient (Wildman–Crippen LogP) is 3.52. The van der Waals surface area contributed by atoms with Gasteiger partial charge in [0.15, 0.2) is 0 Å². The van der Waals surface area contributed by atoms with Gasteiger partial charge in [-0.3, -0.25) is 0 Å². The van der Waals surface area contributed by atoms with E-state index in [4.69, 9.17) is 4.98 Å². The van der Waals surface area contributed by atoms with Gasteiger partial charge < -0.3 is 9.47 Å². The highest BCUT2D eigenvalue weighted by Crippen LogP contribution is 2.22. The van der Waals surface area contributed by atoms with Crippen LogP contribution in [0.25, 0.3) is 11.0 Å². The topological polar surface area (TPSA) is 21.1 Å². The summed E-state index contributed by atoms with van der Waals surface area (Å²) in [6, 6.07) is 16.7. The lowest BCUT2D eigenvalue weighted by Crippen LogP contribution is -2.20. The Bertz CT molecular complexity index is 743. The number of anilines is 1. The first-order valence-electron chi connectivity index (χ1n) is 6.84. The summed E-state index contributed by atoms with van der Waals surface area (Å²) in [5, 5.41) is 0. The van der Waals surface area contributed by atoms with Gasteiger partial charge in [-0.2, -0.15) is 0 Å². The number of rotatable bonds is 3. The molecule has 102 valence electrons. The van der Waals surface area contributed by atoms with Crippen molar-refractivity contribution in [3.63, 3.8) is 0 Å². The molecular weight excluding hydrogens is 246 g/mol. The molecule has 0 aliphatic rings. The minimum absolute atomic E-state index is 0.865. The highest BCUT2D eigenvalue weighted by atomic mass is 15.3. The van der Waals surface area contributed by atoms with Gasteiger partial charge in [0.1, 0.15) is 0 Å². The van der Waals surface area contributed by atoms with Crippen LogP contribution >= 0.6 is 0 Å². The van der Waals surface area contributed by atoms with Gasteiger partial charge in [0, 0.05) is 20.6 Å². The van der Waals surface area contributed by atoms with Crippen LogP contribution in [0.1, 0.15) is 11.1 Å². The zero-order valence-corrected chi connectivity index (χ0v) is 12.2. The maximum atomic E-state index is 4.73. The van der Waals surface area contributed by atoms with Crippen molar-refractivity contribution in [2.24, 2.45) is 7.05 Å². The van der Waals surface area contributed by atoms with Gasteiger partial charge in [0.2, 0.25) is 5.95 Å². The first-order chi connectivity index (χ1) is 9.66. The molecule has 2 aromatic carbocycles. The Balaban J connectivity index is 1.95. The molecule has 20 heavy (non-hydrogen) atoms. The Kier molecular flexibility index (Phi) is 3.18. The van der Waals surface area contributed by atoms with E-state index in [1.807, 2.05) is 6.07 Å². The molecule has 0 spiro atoms. The van der Waals surface area contributed by atoms with Crippen LogP contribution in [0.3, 0.4) is 0 Å². The Morgan fingerprint density at radius 2 is 1.75 bits per heavy atom. The van der Waals surface area contributed by atoms with Crippen molar-refractivity contribution >= 4 is 17.0 Å². The van der Waals surface area contributed by atoms with Gasteiger partial charge in [0.25, 0.3) is 0 Å². The predicted molar refractivity (Wildman–Crippen MR) is 84.0 cm³/mol. The molecule has 0 aliphatic carbocycles. The number of aryl methyl sites for hydroxylation is 2. The van der Waals surface area contributed by atoms with E-state index < -0.39 is 0 Å². The summed E-state index contributed by atoms with van der Waals surface area (Å²) < 4.78 is 2.15. The summed E-state index contributed by atoms with van der Waals surface area (Å²) in [7, 11) is 4.16. The van der Waals surface area contributed by atoms with E-state index in [2.05, 4.69) is 73.0 Å². The van der Waals surface area contributed by atoms with Crippen LogP contribution in [-0.2, 0) is 13.6 Å². The average molecular weight is 265 g/mol. The molecule has 0 aliphatic heterocycles. The van der Waals surface area contributed by atoms with Crippen LogP contribution in [0.15, 0.2) is 48.5 Å². The molecule has 1 aromatic heterocycles. The highest BCUT2D eigenvalue weighted by Gasteiger charge is 2.12. The van der Waals surface area contributed by atoms with Crippen LogP contribution in [-0.4, -0.2) is 16.6 Å². The number of fused-ring (bicyclic) bond motifs is 1. The van der Waals surface area contributed by atoms with Crippen molar-refractivity contribution in [2.45, 2.75) is 13.5 Å². The quantitative estimate of drug-likeness (QED) is 0.722. The van der Waals surface area contributed by atoms with Crippen LogP contribution in [0.5, 0.6) is 0 Å². The molecule has 1 heterocycles. The summed E-state index contributed by atoms with van der Waals surface area (Å²) in [6.07, 6.45) is 0. The van der Waals surface area contributed by atoms with Crippen molar-refractivity contribution in [2.75, 3.05) is 11.9 Å². The summed E-state index contributed by atoms with van der Waals surface area (Å²) in [4.78, 5) is 6.92. The Morgan fingerprint density at radius 3 is 2.50 bits per heavy atom. The summed E-state index contributed by atoms with van der Waals surface area (Å²) in [6.45, 7) is 3.02. The number of imidazole rings is 1.